The van der Waals surface area contributed by atoms with Gasteiger partial charge in [-0.05, 0) is 37.1 Å². The third-order valence-electron chi connectivity index (χ3n) is 3.48. The van der Waals surface area contributed by atoms with Gasteiger partial charge < -0.3 is 9.47 Å². The Labute approximate surface area is 135 Å². The van der Waals surface area contributed by atoms with Gasteiger partial charge in [0.25, 0.3) is 0 Å². The molecule has 0 fully saturated rings. The number of rotatable bonds is 5. The molecule has 0 spiro atoms. The van der Waals surface area contributed by atoms with E-state index in [1.165, 1.54) is 12.7 Å². The van der Waals surface area contributed by atoms with Gasteiger partial charge in [0.2, 0.25) is 0 Å². The van der Waals surface area contributed by atoms with Gasteiger partial charge >= 0.3 is 5.97 Å². The molecule has 0 bridgehead atoms. The van der Waals surface area contributed by atoms with Crippen LogP contribution in [0.1, 0.15) is 22.3 Å². The SMILES string of the molecule is COC(=O)Cc1cccc(Cl)c1COc1ccc(C)cc1C. The van der Waals surface area contributed by atoms with E-state index < -0.39 is 0 Å². The van der Waals surface area contributed by atoms with E-state index in [9.17, 15) is 4.79 Å². The summed E-state index contributed by atoms with van der Waals surface area (Å²) in [5.41, 5.74) is 3.90. The van der Waals surface area contributed by atoms with E-state index in [1.807, 2.05) is 38.1 Å². The molecule has 0 unspecified atom stereocenters. The first-order valence-electron chi connectivity index (χ1n) is 7.04. The minimum atomic E-state index is -0.296. The van der Waals surface area contributed by atoms with Crippen LogP contribution in [0.4, 0.5) is 0 Å². The molecule has 0 N–H and O–H groups in total. The Hall–Kier alpha value is -2.00. The highest BCUT2D eigenvalue weighted by Gasteiger charge is 2.12. The minimum Gasteiger partial charge on any atom is -0.489 e. The Balaban J connectivity index is 2.19. The van der Waals surface area contributed by atoms with Crippen molar-refractivity contribution in [2.24, 2.45) is 0 Å². The van der Waals surface area contributed by atoms with Crippen molar-refractivity contribution in [1.29, 1.82) is 0 Å². The van der Waals surface area contributed by atoms with E-state index in [4.69, 9.17) is 21.1 Å². The number of hydrogen-bond acceptors (Lipinski definition) is 3. The molecule has 2 aromatic rings. The van der Waals surface area contributed by atoms with Crippen molar-refractivity contribution in [1.82, 2.24) is 0 Å². The Morgan fingerprint density at radius 3 is 2.64 bits per heavy atom. The van der Waals surface area contributed by atoms with Crippen molar-refractivity contribution in [3.05, 3.63) is 63.7 Å². The van der Waals surface area contributed by atoms with Crippen LogP contribution in [0.15, 0.2) is 36.4 Å². The number of carbonyl (C=O) groups is 1. The monoisotopic (exact) mass is 318 g/mol. The predicted molar refractivity (Wildman–Crippen MR) is 87.4 cm³/mol. The smallest absolute Gasteiger partial charge is 0.309 e. The summed E-state index contributed by atoms with van der Waals surface area (Å²) in [4.78, 5) is 11.5. The molecular formula is C18H19ClO3. The number of halogens is 1. The summed E-state index contributed by atoms with van der Waals surface area (Å²) < 4.78 is 10.6. The van der Waals surface area contributed by atoms with Gasteiger partial charge in [-0.15, -0.1) is 0 Å². The van der Waals surface area contributed by atoms with Crippen molar-refractivity contribution in [2.45, 2.75) is 26.9 Å². The van der Waals surface area contributed by atoms with Gasteiger partial charge in [-0.3, -0.25) is 4.79 Å². The average Bonchev–Trinajstić information content (AvgIpc) is 2.48. The maximum atomic E-state index is 11.5. The van der Waals surface area contributed by atoms with E-state index >= 15 is 0 Å². The Morgan fingerprint density at radius 1 is 1.18 bits per heavy atom. The van der Waals surface area contributed by atoms with Crippen LogP contribution in [0.3, 0.4) is 0 Å². The molecule has 0 saturated carbocycles. The number of aryl methyl sites for hydroxylation is 2. The standard InChI is InChI=1S/C18H19ClO3/c1-12-7-8-17(13(2)9-12)22-11-15-14(10-18(20)21-3)5-4-6-16(15)19/h4-9H,10-11H2,1-3H3. The fraction of sp³-hybridized carbons (Fsp3) is 0.278. The van der Waals surface area contributed by atoms with Gasteiger partial charge in [0.15, 0.2) is 0 Å². The molecule has 0 heterocycles. The lowest BCUT2D eigenvalue weighted by Crippen LogP contribution is -2.09. The predicted octanol–water partition coefficient (Wildman–Crippen LogP) is 4.25. The molecule has 0 amide bonds. The maximum Gasteiger partial charge on any atom is 0.309 e. The van der Waals surface area contributed by atoms with Crippen molar-refractivity contribution in [3.8, 4) is 5.75 Å². The summed E-state index contributed by atoms with van der Waals surface area (Å²) in [5, 5.41) is 0.589. The first-order valence-corrected chi connectivity index (χ1v) is 7.42. The van der Waals surface area contributed by atoms with E-state index in [2.05, 4.69) is 6.07 Å². The Morgan fingerprint density at radius 2 is 1.95 bits per heavy atom. The molecule has 0 radical (unpaired) electrons. The number of carbonyl (C=O) groups excluding carboxylic acids is 1. The van der Waals surface area contributed by atoms with E-state index in [-0.39, 0.29) is 12.4 Å². The topological polar surface area (TPSA) is 35.5 Å². The van der Waals surface area contributed by atoms with Crippen LogP contribution in [0.2, 0.25) is 5.02 Å². The largest absolute Gasteiger partial charge is 0.489 e. The molecule has 0 aliphatic heterocycles. The lowest BCUT2D eigenvalue weighted by molar-refractivity contribution is -0.139. The zero-order chi connectivity index (χ0) is 16.1. The first-order chi connectivity index (χ1) is 10.5. The normalized spacial score (nSPS) is 10.4. The van der Waals surface area contributed by atoms with Crippen LogP contribution in [0.25, 0.3) is 0 Å². The van der Waals surface area contributed by atoms with E-state index in [1.54, 1.807) is 6.07 Å². The summed E-state index contributed by atoms with van der Waals surface area (Å²) >= 11 is 6.26. The summed E-state index contributed by atoms with van der Waals surface area (Å²) in [5.74, 6) is 0.518. The number of ether oxygens (including phenoxy) is 2. The highest BCUT2D eigenvalue weighted by Crippen LogP contribution is 2.25. The molecule has 116 valence electrons. The second kappa shape index (κ2) is 7.32. The number of methoxy groups -OCH3 is 1. The second-order valence-electron chi connectivity index (χ2n) is 5.19. The van der Waals surface area contributed by atoms with Crippen molar-refractivity contribution in [3.63, 3.8) is 0 Å². The summed E-state index contributed by atoms with van der Waals surface area (Å²) in [6.45, 7) is 4.36. The Kier molecular flexibility index (Phi) is 5.45. The molecule has 3 nitrogen and oxygen atoms in total. The minimum absolute atomic E-state index is 0.183. The van der Waals surface area contributed by atoms with Crippen LogP contribution in [0, 0.1) is 13.8 Å². The summed E-state index contributed by atoms with van der Waals surface area (Å²) in [6, 6.07) is 11.5. The average molecular weight is 319 g/mol. The van der Waals surface area contributed by atoms with E-state index in [0.717, 1.165) is 22.4 Å². The molecule has 0 saturated heterocycles. The van der Waals surface area contributed by atoms with E-state index in [0.29, 0.717) is 11.6 Å². The molecule has 0 aliphatic rings. The Bertz CT molecular complexity index is 680. The van der Waals surface area contributed by atoms with Gasteiger partial charge in [-0.25, -0.2) is 0 Å². The van der Waals surface area contributed by atoms with Crippen LogP contribution in [-0.2, 0) is 22.6 Å². The number of esters is 1. The van der Waals surface area contributed by atoms with Gasteiger partial charge in [0.1, 0.15) is 12.4 Å². The highest BCUT2D eigenvalue weighted by atomic mass is 35.5. The molecule has 2 aromatic carbocycles. The van der Waals surface area contributed by atoms with Gasteiger partial charge in [-0.2, -0.15) is 0 Å². The van der Waals surface area contributed by atoms with Crippen molar-refractivity contribution in [2.75, 3.05) is 7.11 Å². The summed E-state index contributed by atoms with van der Waals surface area (Å²) in [7, 11) is 1.37. The molecule has 0 atom stereocenters. The third kappa shape index (κ3) is 4.01. The maximum absolute atomic E-state index is 11.5. The van der Waals surface area contributed by atoms with Crippen LogP contribution in [-0.4, -0.2) is 13.1 Å². The van der Waals surface area contributed by atoms with Gasteiger partial charge in [0.05, 0.1) is 13.5 Å². The first kappa shape index (κ1) is 16.4. The van der Waals surface area contributed by atoms with Crippen molar-refractivity contribution < 1.29 is 14.3 Å². The van der Waals surface area contributed by atoms with Crippen LogP contribution < -0.4 is 4.74 Å². The molecule has 0 aromatic heterocycles. The van der Waals surface area contributed by atoms with Gasteiger partial charge in [-0.1, -0.05) is 41.4 Å². The van der Waals surface area contributed by atoms with Crippen LogP contribution >= 0.6 is 11.6 Å². The zero-order valence-electron chi connectivity index (χ0n) is 13.0. The second-order valence-corrected chi connectivity index (χ2v) is 5.60. The molecule has 2 rings (SSSR count). The van der Waals surface area contributed by atoms with Crippen LogP contribution in [0.5, 0.6) is 5.75 Å². The third-order valence-corrected chi connectivity index (χ3v) is 3.83. The zero-order valence-corrected chi connectivity index (χ0v) is 13.7. The molecule has 0 aliphatic carbocycles. The molecular weight excluding hydrogens is 300 g/mol. The van der Waals surface area contributed by atoms with Crippen molar-refractivity contribution >= 4 is 17.6 Å². The molecule has 22 heavy (non-hydrogen) atoms. The van der Waals surface area contributed by atoms with Gasteiger partial charge in [0, 0.05) is 10.6 Å². The molecule has 4 heteroatoms. The number of hydrogen-bond donors (Lipinski definition) is 0. The fourth-order valence-electron chi connectivity index (χ4n) is 2.27. The lowest BCUT2D eigenvalue weighted by atomic mass is 10.1. The fourth-order valence-corrected chi connectivity index (χ4v) is 2.52. The summed E-state index contributed by atoms with van der Waals surface area (Å²) in [6.07, 6.45) is 0.183. The highest BCUT2D eigenvalue weighted by molar-refractivity contribution is 6.31. The quantitative estimate of drug-likeness (QED) is 0.773. The number of benzene rings is 2. The lowest BCUT2D eigenvalue weighted by Gasteiger charge is -2.14.